The van der Waals surface area contributed by atoms with Gasteiger partial charge in [-0.3, -0.25) is 0 Å². The van der Waals surface area contributed by atoms with Crippen LogP contribution < -0.4 is 0 Å². The highest BCUT2D eigenvalue weighted by Gasteiger charge is 2.27. The minimum atomic E-state index is -0.110. The van der Waals surface area contributed by atoms with Gasteiger partial charge in [0, 0.05) is 19.1 Å². The molecule has 1 rings (SSSR count). The van der Waals surface area contributed by atoms with Crippen molar-refractivity contribution in [1.82, 2.24) is 4.90 Å². The minimum Gasteiger partial charge on any atom is -0.393 e. The molecule has 1 aliphatic rings. The molecular formula is C11H23NO. The first kappa shape index (κ1) is 11.0. The summed E-state index contributed by atoms with van der Waals surface area (Å²) in [4.78, 5) is 2.51. The molecule has 0 aliphatic carbocycles. The molecule has 1 aliphatic heterocycles. The van der Waals surface area contributed by atoms with Crippen LogP contribution in [0.25, 0.3) is 0 Å². The van der Waals surface area contributed by atoms with Crippen molar-refractivity contribution in [3.8, 4) is 0 Å². The Balaban J connectivity index is 1.96. The van der Waals surface area contributed by atoms with Gasteiger partial charge in [-0.05, 0) is 39.5 Å². The number of hydrogen-bond acceptors (Lipinski definition) is 2. The van der Waals surface area contributed by atoms with Crippen molar-refractivity contribution < 1.29 is 5.11 Å². The number of rotatable bonds is 5. The van der Waals surface area contributed by atoms with Crippen molar-refractivity contribution >= 4 is 0 Å². The van der Waals surface area contributed by atoms with E-state index in [2.05, 4.69) is 18.7 Å². The Labute approximate surface area is 81.9 Å². The highest BCUT2D eigenvalue weighted by molar-refractivity contribution is 4.81. The normalized spacial score (nSPS) is 21.9. The highest BCUT2D eigenvalue weighted by Crippen LogP contribution is 2.23. The zero-order valence-electron chi connectivity index (χ0n) is 9.16. The summed E-state index contributed by atoms with van der Waals surface area (Å²) >= 11 is 0. The summed E-state index contributed by atoms with van der Waals surface area (Å²) in [5.41, 5.74) is 0. The Bertz CT molecular complexity index is 139. The number of hydrogen-bond donors (Lipinski definition) is 1. The molecular weight excluding hydrogens is 162 g/mol. The van der Waals surface area contributed by atoms with Crippen molar-refractivity contribution in [3.05, 3.63) is 0 Å². The first-order chi connectivity index (χ1) is 6.09. The molecule has 0 amide bonds. The van der Waals surface area contributed by atoms with E-state index in [0.29, 0.717) is 6.04 Å². The van der Waals surface area contributed by atoms with Crippen LogP contribution in [0.5, 0.6) is 0 Å². The molecule has 0 aromatic heterocycles. The summed E-state index contributed by atoms with van der Waals surface area (Å²) in [5, 5.41) is 9.09. The molecule has 0 radical (unpaired) electrons. The van der Waals surface area contributed by atoms with E-state index in [1.807, 2.05) is 6.92 Å². The Morgan fingerprint density at radius 2 is 1.92 bits per heavy atom. The standard InChI is InChI=1S/C11H23NO/c1-9(2)12-7-11(8-12)6-4-5-10(3)13/h9-11,13H,4-8H2,1-3H3. The van der Waals surface area contributed by atoms with Gasteiger partial charge in [-0.15, -0.1) is 0 Å². The first-order valence-corrected chi connectivity index (χ1v) is 5.51. The van der Waals surface area contributed by atoms with Gasteiger partial charge in [0.1, 0.15) is 0 Å². The highest BCUT2D eigenvalue weighted by atomic mass is 16.3. The van der Waals surface area contributed by atoms with Gasteiger partial charge < -0.3 is 10.0 Å². The van der Waals surface area contributed by atoms with E-state index in [1.165, 1.54) is 25.9 Å². The lowest BCUT2D eigenvalue weighted by Crippen LogP contribution is -2.50. The minimum absolute atomic E-state index is 0.110. The molecule has 78 valence electrons. The van der Waals surface area contributed by atoms with Crippen LogP contribution in [0.15, 0.2) is 0 Å². The van der Waals surface area contributed by atoms with Crippen molar-refractivity contribution in [1.29, 1.82) is 0 Å². The number of nitrogens with zero attached hydrogens (tertiary/aromatic N) is 1. The molecule has 2 nitrogen and oxygen atoms in total. The number of aliphatic hydroxyl groups is 1. The maximum Gasteiger partial charge on any atom is 0.0512 e. The fraction of sp³-hybridized carbons (Fsp3) is 1.00. The molecule has 1 heterocycles. The second-order valence-electron chi connectivity index (χ2n) is 4.69. The Kier molecular flexibility index (Phi) is 4.20. The summed E-state index contributed by atoms with van der Waals surface area (Å²) in [6.07, 6.45) is 3.35. The van der Waals surface area contributed by atoms with E-state index in [-0.39, 0.29) is 6.10 Å². The molecule has 1 unspecified atom stereocenters. The Morgan fingerprint density at radius 3 is 2.38 bits per heavy atom. The SMILES string of the molecule is CC(O)CCCC1CN(C(C)C)C1. The zero-order chi connectivity index (χ0) is 9.84. The van der Waals surface area contributed by atoms with Crippen LogP contribution in [0, 0.1) is 5.92 Å². The Hall–Kier alpha value is -0.0800. The quantitative estimate of drug-likeness (QED) is 0.707. The van der Waals surface area contributed by atoms with Crippen LogP contribution in [0.3, 0.4) is 0 Å². The fourth-order valence-electron chi connectivity index (χ4n) is 1.92. The van der Waals surface area contributed by atoms with E-state index in [4.69, 9.17) is 5.11 Å². The van der Waals surface area contributed by atoms with E-state index >= 15 is 0 Å². The van der Waals surface area contributed by atoms with Crippen LogP contribution in [-0.4, -0.2) is 35.2 Å². The molecule has 1 saturated heterocycles. The third-order valence-electron chi connectivity index (χ3n) is 2.95. The molecule has 0 saturated carbocycles. The average molecular weight is 185 g/mol. The van der Waals surface area contributed by atoms with E-state index < -0.39 is 0 Å². The molecule has 0 aromatic carbocycles. The molecule has 0 spiro atoms. The lowest BCUT2D eigenvalue weighted by Gasteiger charge is -2.42. The second kappa shape index (κ2) is 4.97. The van der Waals surface area contributed by atoms with Crippen LogP contribution in [0.1, 0.15) is 40.0 Å². The van der Waals surface area contributed by atoms with Crippen LogP contribution in [0.2, 0.25) is 0 Å². The van der Waals surface area contributed by atoms with E-state index in [9.17, 15) is 0 Å². The fourth-order valence-corrected chi connectivity index (χ4v) is 1.92. The van der Waals surface area contributed by atoms with E-state index in [0.717, 1.165) is 12.3 Å². The van der Waals surface area contributed by atoms with Crippen molar-refractivity contribution in [2.45, 2.75) is 52.2 Å². The summed E-state index contributed by atoms with van der Waals surface area (Å²) in [6.45, 7) is 8.94. The van der Waals surface area contributed by atoms with Gasteiger partial charge in [0.25, 0.3) is 0 Å². The summed E-state index contributed by atoms with van der Waals surface area (Å²) in [5.74, 6) is 0.904. The van der Waals surface area contributed by atoms with Gasteiger partial charge in [-0.25, -0.2) is 0 Å². The van der Waals surface area contributed by atoms with E-state index in [1.54, 1.807) is 0 Å². The van der Waals surface area contributed by atoms with Crippen molar-refractivity contribution in [2.75, 3.05) is 13.1 Å². The van der Waals surface area contributed by atoms with Gasteiger partial charge in [-0.2, -0.15) is 0 Å². The van der Waals surface area contributed by atoms with Gasteiger partial charge in [0.05, 0.1) is 6.10 Å². The number of likely N-dealkylation sites (tertiary alicyclic amines) is 1. The summed E-state index contributed by atoms with van der Waals surface area (Å²) in [6, 6.07) is 0.716. The van der Waals surface area contributed by atoms with Crippen LogP contribution in [0.4, 0.5) is 0 Å². The Morgan fingerprint density at radius 1 is 1.31 bits per heavy atom. The maximum absolute atomic E-state index is 9.09. The summed E-state index contributed by atoms with van der Waals surface area (Å²) in [7, 11) is 0. The smallest absolute Gasteiger partial charge is 0.0512 e. The van der Waals surface area contributed by atoms with Crippen LogP contribution in [-0.2, 0) is 0 Å². The molecule has 1 N–H and O–H groups in total. The van der Waals surface area contributed by atoms with Crippen LogP contribution >= 0.6 is 0 Å². The predicted molar refractivity (Wildman–Crippen MR) is 55.7 cm³/mol. The first-order valence-electron chi connectivity index (χ1n) is 5.51. The molecule has 0 bridgehead atoms. The molecule has 1 atom stereocenters. The largest absolute Gasteiger partial charge is 0.393 e. The maximum atomic E-state index is 9.09. The van der Waals surface area contributed by atoms with Gasteiger partial charge >= 0.3 is 0 Å². The average Bonchev–Trinajstić information content (AvgIpc) is 1.92. The molecule has 2 heteroatoms. The van der Waals surface area contributed by atoms with Crippen molar-refractivity contribution in [2.24, 2.45) is 5.92 Å². The number of aliphatic hydroxyl groups excluding tert-OH is 1. The zero-order valence-corrected chi connectivity index (χ0v) is 9.16. The van der Waals surface area contributed by atoms with Gasteiger partial charge in [-0.1, -0.05) is 6.42 Å². The molecule has 0 aromatic rings. The third kappa shape index (κ3) is 3.65. The van der Waals surface area contributed by atoms with Gasteiger partial charge in [0.15, 0.2) is 0 Å². The van der Waals surface area contributed by atoms with Gasteiger partial charge in [0.2, 0.25) is 0 Å². The van der Waals surface area contributed by atoms with Crippen molar-refractivity contribution in [3.63, 3.8) is 0 Å². The third-order valence-corrected chi connectivity index (χ3v) is 2.95. The topological polar surface area (TPSA) is 23.5 Å². The monoisotopic (exact) mass is 185 g/mol. The summed E-state index contributed by atoms with van der Waals surface area (Å²) < 4.78 is 0. The lowest BCUT2D eigenvalue weighted by atomic mass is 9.92. The lowest BCUT2D eigenvalue weighted by molar-refractivity contribution is 0.0586. The molecule has 1 fully saturated rings. The predicted octanol–water partition coefficient (Wildman–Crippen LogP) is 1.88. The second-order valence-corrected chi connectivity index (χ2v) is 4.69. The molecule has 13 heavy (non-hydrogen) atoms.